The summed E-state index contributed by atoms with van der Waals surface area (Å²) in [6.07, 6.45) is 1.10. The molecule has 0 amide bonds. The van der Waals surface area contributed by atoms with Crippen molar-refractivity contribution in [3.05, 3.63) is 5.82 Å². The van der Waals surface area contributed by atoms with E-state index in [4.69, 9.17) is 10.3 Å². The summed E-state index contributed by atoms with van der Waals surface area (Å²) in [5, 5.41) is 3.83. The maximum Gasteiger partial charge on any atom is 0.318 e. The van der Waals surface area contributed by atoms with E-state index in [1.165, 1.54) is 0 Å². The van der Waals surface area contributed by atoms with Crippen molar-refractivity contribution in [1.82, 2.24) is 15.0 Å². The standard InChI is InChI=1S/C8H14N4O/c1-2-12-4-3-6(5-12)7-10-8(9)13-11-7/h6H,2-5H2,1H3,(H2,9,10,11). The highest BCUT2D eigenvalue weighted by atomic mass is 16.5. The number of nitrogens with two attached hydrogens (primary N) is 1. The molecule has 5 heteroatoms. The summed E-state index contributed by atoms with van der Waals surface area (Å²) in [7, 11) is 0. The summed E-state index contributed by atoms with van der Waals surface area (Å²) in [6.45, 7) is 5.39. The second-order valence-corrected chi connectivity index (χ2v) is 3.37. The number of anilines is 1. The van der Waals surface area contributed by atoms with Gasteiger partial charge in [-0.25, -0.2) is 0 Å². The van der Waals surface area contributed by atoms with E-state index < -0.39 is 0 Å². The lowest BCUT2D eigenvalue weighted by molar-refractivity contribution is 0.350. The predicted octanol–water partition coefficient (Wildman–Crippen LogP) is 0.461. The van der Waals surface area contributed by atoms with Crippen molar-refractivity contribution in [2.45, 2.75) is 19.3 Å². The van der Waals surface area contributed by atoms with E-state index in [-0.39, 0.29) is 6.01 Å². The minimum atomic E-state index is 0.171. The number of hydrogen-bond acceptors (Lipinski definition) is 5. The third kappa shape index (κ3) is 1.65. The quantitative estimate of drug-likeness (QED) is 0.719. The van der Waals surface area contributed by atoms with Gasteiger partial charge >= 0.3 is 6.01 Å². The summed E-state index contributed by atoms with van der Waals surface area (Å²) in [6, 6.07) is 0.171. The van der Waals surface area contributed by atoms with Crippen LogP contribution in [0.4, 0.5) is 6.01 Å². The Bertz CT molecular complexity index is 285. The third-order valence-corrected chi connectivity index (χ3v) is 2.54. The van der Waals surface area contributed by atoms with Crippen LogP contribution in [0.2, 0.25) is 0 Å². The lowest BCUT2D eigenvalue weighted by Crippen LogP contribution is -2.19. The first-order valence-corrected chi connectivity index (χ1v) is 4.61. The van der Waals surface area contributed by atoms with Crippen LogP contribution < -0.4 is 5.73 Å². The lowest BCUT2D eigenvalue weighted by Gasteiger charge is -2.10. The number of nitrogen functional groups attached to an aromatic ring is 1. The summed E-state index contributed by atoms with van der Waals surface area (Å²) in [4.78, 5) is 6.41. The maximum atomic E-state index is 5.36. The molecule has 1 aliphatic heterocycles. The van der Waals surface area contributed by atoms with Gasteiger partial charge in [0.05, 0.1) is 0 Å². The zero-order chi connectivity index (χ0) is 9.26. The van der Waals surface area contributed by atoms with E-state index in [9.17, 15) is 0 Å². The molecular weight excluding hydrogens is 168 g/mol. The fourth-order valence-corrected chi connectivity index (χ4v) is 1.74. The summed E-state index contributed by atoms with van der Waals surface area (Å²) < 4.78 is 4.74. The molecule has 0 spiro atoms. The van der Waals surface area contributed by atoms with Crippen LogP contribution >= 0.6 is 0 Å². The van der Waals surface area contributed by atoms with Gasteiger partial charge in [0.25, 0.3) is 0 Å². The Kier molecular flexibility index (Phi) is 2.18. The van der Waals surface area contributed by atoms with Crippen LogP contribution in [0.3, 0.4) is 0 Å². The molecule has 0 aromatic carbocycles. The maximum absolute atomic E-state index is 5.36. The van der Waals surface area contributed by atoms with Crippen molar-refractivity contribution in [2.75, 3.05) is 25.4 Å². The van der Waals surface area contributed by atoms with Gasteiger partial charge in [-0.3, -0.25) is 0 Å². The summed E-state index contributed by atoms with van der Waals surface area (Å²) >= 11 is 0. The molecule has 13 heavy (non-hydrogen) atoms. The van der Waals surface area contributed by atoms with Crippen LogP contribution in [0, 0.1) is 0 Å². The van der Waals surface area contributed by atoms with E-state index in [0.717, 1.165) is 31.9 Å². The van der Waals surface area contributed by atoms with E-state index in [1.807, 2.05) is 0 Å². The normalized spacial score (nSPS) is 23.9. The molecule has 2 rings (SSSR count). The van der Waals surface area contributed by atoms with Crippen LogP contribution in [0.1, 0.15) is 25.1 Å². The number of likely N-dealkylation sites (N-methyl/N-ethyl adjacent to an activating group) is 1. The van der Waals surface area contributed by atoms with Crippen LogP contribution in [-0.2, 0) is 0 Å². The van der Waals surface area contributed by atoms with Gasteiger partial charge in [-0.15, -0.1) is 0 Å². The Morgan fingerprint density at radius 1 is 1.69 bits per heavy atom. The first-order valence-electron chi connectivity index (χ1n) is 4.61. The molecule has 1 atom stereocenters. The third-order valence-electron chi connectivity index (χ3n) is 2.54. The van der Waals surface area contributed by atoms with Crippen molar-refractivity contribution in [3.63, 3.8) is 0 Å². The van der Waals surface area contributed by atoms with Crippen LogP contribution in [0.25, 0.3) is 0 Å². The predicted molar refractivity (Wildman–Crippen MR) is 48.2 cm³/mol. The first kappa shape index (κ1) is 8.50. The fourth-order valence-electron chi connectivity index (χ4n) is 1.74. The smallest absolute Gasteiger partial charge is 0.318 e. The molecule has 1 aromatic rings. The molecule has 5 nitrogen and oxygen atoms in total. The summed E-state index contributed by atoms with van der Waals surface area (Å²) in [5.74, 6) is 1.16. The molecule has 1 unspecified atom stereocenters. The largest absolute Gasteiger partial charge is 0.351 e. The minimum absolute atomic E-state index is 0.171. The topological polar surface area (TPSA) is 68.2 Å². The molecule has 0 radical (unpaired) electrons. The van der Waals surface area contributed by atoms with Gasteiger partial charge in [0.15, 0.2) is 5.82 Å². The minimum Gasteiger partial charge on any atom is -0.351 e. The first-order chi connectivity index (χ1) is 6.29. The molecule has 0 bridgehead atoms. The number of hydrogen-bond donors (Lipinski definition) is 1. The Morgan fingerprint density at radius 2 is 2.54 bits per heavy atom. The molecule has 2 heterocycles. The average molecular weight is 182 g/mol. The monoisotopic (exact) mass is 182 g/mol. The van der Waals surface area contributed by atoms with Crippen LogP contribution in [0.5, 0.6) is 0 Å². The second kappa shape index (κ2) is 3.33. The van der Waals surface area contributed by atoms with Gasteiger partial charge < -0.3 is 15.2 Å². The van der Waals surface area contributed by atoms with E-state index >= 15 is 0 Å². The lowest BCUT2D eigenvalue weighted by atomic mass is 10.1. The van der Waals surface area contributed by atoms with Gasteiger partial charge in [0.2, 0.25) is 0 Å². The zero-order valence-corrected chi connectivity index (χ0v) is 7.73. The van der Waals surface area contributed by atoms with Gasteiger partial charge in [-0.05, 0) is 19.5 Å². The van der Waals surface area contributed by atoms with Gasteiger partial charge in [0.1, 0.15) is 0 Å². The molecule has 72 valence electrons. The van der Waals surface area contributed by atoms with Crippen LogP contribution in [0.15, 0.2) is 4.52 Å². The SMILES string of the molecule is CCN1CCC(c2noc(N)n2)C1. The van der Waals surface area contributed by atoms with Gasteiger partial charge in [0, 0.05) is 12.5 Å². The zero-order valence-electron chi connectivity index (χ0n) is 7.73. The number of nitrogens with zero attached hydrogens (tertiary/aromatic N) is 3. The van der Waals surface area contributed by atoms with Crippen molar-refractivity contribution in [1.29, 1.82) is 0 Å². The van der Waals surface area contributed by atoms with E-state index in [0.29, 0.717) is 5.92 Å². The molecule has 1 fully saturated rings. The van der Waals surface area contributed by atoms with Crippen molar-refractivity contribution in [3.8, 4) is 0 Å². The average Bonchev–Trinajstić information content (AvgIpc) is 2.71. The molecule has 1 aliphatic rings. The fraction of sp³-hybridized carbons (Fsp3) is 0.750. The number of aromatic nitrogens is 2. The van der Waals surface area contributed by atoms with Crippen LogP contribution in [-0.4, -0.2) is 34.7 Å². The Labute approximate surface area is 76.9 Å². The summed E-state index contributed by atoms with van der Waals surface area (Å²) in [5.41, 5.74) is 5.36. The highest BCUT2D eigenvalue weighted by molar-refractivity contribution is 5.11. The van der Waals surface area contributed by atoms with Crippen molar-refractivity contribution < 1.29 is 4.52 Å². The number of rotatable bonds is 2. The molecule has 1 saturated heterocycles. The molecule has 1 aromatic heterocycles. The second-order valence-electron chi connectivity index (χ2n) is 3.37. The van der Waals surface area contributed by atoms with Crippen molar-refractivity contribution in [2.24, 2.45) is 0 Å². The number of likely N-dealkylation sites (tertiary alicyclic amines) is 1. The highest BCUT2D eigenvalue weighted by Crippen LogP contribution is 2.24. The molecule has 0 aliphatic carbocycles. The van der Waals surface area contributed by atoms with E-state index in [2.05, 4.69) is 22.0 Å². The van der Waals surface area contributed by atoms with Gasteiger partial charge in [-0.2, -0.15) is 4.98 Å². The Balaban J connectivity index is 2.03. The Hall–Kier alpha value is -1.10. The molecular formula is C8H14N4O. The van der Waals surface area contributed by atoms with Gasteiger partial charge in [-0.1, -0.05) is 12.1 Å². The Morgan fingerprint density at radius 3 is 3.08 bits per heavy atom. The van der Waals surface area contributed by atoms with E-state index in [1.54, 1.807) is 0 Å². The molecule has 2 N–H and O–H groups in total. The van der Waals surface area contributed by atoms with Crippen molar-refractivity contribution >= 4 is 6.01 Å². The molecule has 0 saturated carbocycles. The highest BCUT2D eigenvalue weighted by Gasteiger charge is 2.26.